The Morgan fingerprint density at radius 1 is 1.17 bits per heavy atom. The van der Waals surface area contributed by atoms with Gasteiger partial charge in [0.05, 0.1) is 0 Å². The summed E-state index contributed by atoms with van der Waals surface area (Å²) in [5.41, 5.74) is 2.33. The second-order valence-corrected chi connectivity index (χ2v) is 6.08. The van der Waals surface area contributed by atoms with Crippen molar-refractivity contribution in [1.82, 2.24) is 10.2 Å². The molecule has 3 heteroatoms. The van der Waals surface area contributed by atoms with E-state index in [1.165, 1.54) is 44.1 Å². The largest absolute Gasteiger partial charge is 0.336 e. The van der Waals surface area contributed by atoms with Gasteiger partial charge in [0.15, 0.2) is 0 Å². The van der Waals surface area contributed by atoms with E-state index in [1.807, 2.05) is 6.92 Å². The number of carbonyl (C=O) groups excluding carboxylic acids is 1. The van der Waals surface area contributed by atoms with Crippen molar-refractivity contribution in [2.45, 2.75) is 51.5 Å². The Kier molecular flexibility index (Phi) is 3.42. The Labute approximate surface area is 110 Å². The van der Waals surface area contributed by atoms with Crippen molar-refractivity contribution in [3.8, 4) is 0 Å². The Balaban J connectivity index is 1.75. The van der Waals surface area contributed by atoms with Crippen molar-refractivity contribution in [3.63, 3.8) is 0 Å². The predicted octanol–water partition coefficient (Wildman–Crippen LogP) is 2.09. The van der Waals surface area contributed by atoms with Gasteiger partial charge in [-0.05, 0) is 44.1 Å². The molecule has 100 valence electrons. The van der Waals surface area contributed by atoms with E-state index in [1.54, 1.807) is 0 Å². The molecule has 2 heterocycles. The summed E-state index contributed by atoms with van der Waals surface area (Å²) in [6.07, 6.45) is 7.79. The summed E-state index contributed by atoms with van der Waals surface area (Å²) in [4.78, 5) is 14.8. The number of amides is 1. The van der Waals surface area contributed by atoms with Crippen LogP contribution in [0.5, 0.6) is 0 Å². The maximum atomic E-state index is 12.6. The normalized spacial score (nSPS) is 31.6. The van der Waals surface area contributed by atoms with Gasteiger partial charge in [-0.1, -0.05) is 12.8 Å². The van der Waals surface area contributed by atoms with Crippen molar-refractivity contribution in [1.29, 1.82) is 0 Å². The van der Waals surface area contributed by atoms with E-state index in [0.29, 0.717) is 11.9 Å². The van der Waals surface area contributed by atoms with Crippen molar-refractivity contribution in [2.24, 2.45) is 5.92 Å². The second kappa shape index (κ2) is 5.04. The maximum absolute atomic E-state index is 12.6. The Bertz CT molecular complexity index is 367. The van der Waals surface area contributed by atoms with Gasteiger partial charge in [0.25, 0.3) is 0 Å². The van der Waals surface area contributed by atoms with Crippen LogP contribution < -0.4 is 5.32 Å². The van der Waals surface area contributed by atoms with Crippen LogP contribution in [-0.2, 0) is 4.79 Å². The molecular weight excluding hydrogens is 224 g/mol. The Morgan fingerprint density at radius 2 is 1.89 bits per heavy atom. The van der Waals surface area contributed by atoms with E-state index < -0.39 is 0 Å². The molecule has 3 fully saturated rings. The highest BCUT2D eigenvalue weighted by Gasteiger charge is 2.36. The van der Waals surface area contributed by atoms with Crippen molar-refractivity contribution in [2.75, 3.05) is 19.6 Å². The first-order chi connectivity index (χ1) is 8.77. The Hall–Kier alpha value is -0.830. The number of hydrogen-bond donors (Lipinski definition) is 1. The quantitative estimate of drug-likeness (QED) is 0.721. The van der Waals surface area contributed by atoms with Crippen LogP contribution in [0.1, 0.15) is 45.4 Å². The number of fused-ring (bicyclic) bond motifs is 1. The topological polar surface area (TPSA) is 32.3 Å². The van der Waals surface area contributed by atoms with E-state index in [-0.39, 0.29) is 0 Å². The molecule has 3 aliphatic rings. The van der Waals surface area contributed by atoms with E-state index in [2.05, 4.69) is 10.2 Å². The molecule has 3 nitrogen and oxygen atoms in total. The molecule has 2 atom stereocenters. The van der Waals surface area contributed by atoms with Crippen LogP contribution in [0.25, 0.3) is 0 Å². The van der Waals surface area contributed by atoms with Gasteiger partial charge in [-0.25, -0.2) is 0 Å². The van der Waals surface area contributed by atoms with Crippen LogP contribution in [0.2, 0.25) is 0 Å². The Morgan fingerprint density at radius 3 is 2.61 bits per heavy atom. The third-order valence-corrected chi connectivity index (χ3v) is 5.03. The average molecular weight is 248 g/mol. The summed E-state index contributed by atoms with van der Waals surface area (Å²) >= 11 is 0. The second-order valence-electron chi connectivity index (χ2n) is 6.08. The number of piperidine rings is 1. The van der Waals surface area contributed by atoms with Crippen LogP contribution in [-0.4, -0.2) is 36.5 Å². The smallest absolute Gasteiger partial charge is 0.249 e. The summed E-state index contributed by atoms with van der Waals surface area (Å²) < 4.78 is 0. The van der Waals surface area contributed by atoms with Crippen molar-refractivity contribution < 1.29 is 4.79 Å². The fourth-order valence-electron chi connectivity index (χ4n) is 3.76. The lowest BCUT2D eigenvalue weighted by Gasteiger charge is -2.44. The molecule has 1 saturated carbocycles. The van der Waals surface area contributed by atoms with Crippen LogP contribution in [0.4, 0.5) is 0 Å². The predicted molar refractivity (Wildman–Crippen MR) is 72.3 cm³/mol. The molecule has 1 amide bonds. The van der Waals surface area contributed by atoms with Gasteiger partial charge < -0.3 is 10.2 Å². The third kappa shape index (κ3) is 2.09. The van der Waals surface area contributed by atoms with E-state index in [9.17, 15) is 4.79 Å². The molecule has 1 aliphatic carbocycles. The lowest BCUT2D eigenvalue weighted by atomic mass is 9.78. The fraction of sp³-hybridized carbons (Fsp3) is 0.800. The number of hydrogen-bond acceptors (Lipinski definition) is 2. The first kappa shape index (κ1) is 12.2. The van der Waals surface area contributed by atoms with Crippen molar-refractivity contribution >= 4 is 5.91 Å². The zero-order chi connectivity index (χ0) is 12.5. The molecule has 0 aromatic carbocycles. The van der Waals surface area contributed by atoms with Gasteiger partial charge in [0.1, 0.15) is 0 Å². The number of nitrogens with one attached hydrogen (secondary N) is 1. The zero-order valence-corrected chi connectivity index (χ0v) is 11.4. The standard InChI is InChI=1S/C15H24N2O/c1-11(13-9-16-10-13)15(18)17-8-4-6-12-5-2-3-7-14(12)17/h12,14,16H,2-10H2,1H3/t12-,14-/m1/s1. The number of likely N-dealkylation sites (tertiary alicyclic amines) is 1. The van der Waals surface area contributed by atoms with Crippen LogP contribution in [0, 0.1) is 5.92 Å². The lowest BCUT2D eigenvalue weighted by molar-refractivity contribution is -0.133. The molecule has 2 saturated heterocycles. The number of rotatable bonds is 1. The molecule has 0 aromatic rings. The summed E-state index contributed by atoms with van der Waals surface area (Å²) in [5, 5.41) is 3.23. The number of carbonyl (C=O) groups is 1. The third-order valence-electron chi connectivity index (χ3n) is 5.03. The first-order valence-corrected chi connectivity index (χ1v) is 7.47. The molecule has 2 aliphatic heterocycles. The number of nitrogens with zero attached hydrogens (tertiary/aromatic N) is 1. The molecule has 0 spiro atoms. The average Bonchev–Trinajstić information content (AvgIpc) is 2.35. The molecule has 0 aromatic heterocycles. The van der Waals surface area contributed by atoms with Gasteiger partial charge in [-0.3, -0.25) is 4.79 Å². The minimum atomic E-state index is 0.322. The van der Waals surface area contributed by atoms with Gasteiger partial charge in [0, 0.05) is 31.2 Å². The summed E-state index contributed by atoms with van der Waals surface area (Å²) in [6, 6.07) is 0.545. The molecule has 3 rings (SSSR count). The van der Waals surface area contributed by atoms with Crippen LogP contribution >= 0.6 is 0 Å². The first-order valence-electron chi connectivity index (χ1n) is 7.47. The van der Waals surface area contributed by atoms with E-state index >= 15 is 0 Å². The highest BCUT2D eigenvalue weighted by molar-refractivity contribution is 5.94. The SMILES string of the molecule is CC(C(=O)N1CCC[C@H]2CCCC[C@H]21)=C1CNC1. The van der Waals surface area contributed by atoms with Gasteiger partial charge in [-0.15, -0.1) is 0 Å². The zero-order valence-electron chi connectivity index (χ0n) is 11.4. The molecule has 18 heavy (non-hydrogen) atoms. The summed E-state index contributed by atoms with van der Waals surface area (Å²) in [7, 11) is 0. The molecule has 0 unspecified atom stereocenters. The summed E-state index contributed by atoms with van der Waals surface area (Å²) in [6.45, 7) is 4.84. The van der Waals surface area contributed by atoms with Gasteiger partial charge >= 0.3 is 0 Å². The van der Waals surface area contributed by atoms with E-state index in [4.69, 9.17) is 0 Å². The molecular formula is C15H24N2O. The highest BCUT2D eigenvalue weighted by atomic mass is 16.2. The summed E-state index contributed by atoms with van der Waals surface area (Å²) in [5.74, 6) is 1.11. The molecule has 1 N–H and O–H groups in total. The fourth-order valence-corrected chi connectivity index (χ4v) is 3.76. The van der Waals surface area contributed by atoms with Crippen LogP contribution in [0.3, 0.4) is 0 Å². The highest BCUT2D eigenvalue weighted by Crippen LogP contribution is 2.36. The van der Waals surface area contributed by atoms with Gasteiger partial charge in [0.2, 0.25) is 5.91 Å². The lowest BCUT2D eigenvalue weighted by Crippen LogP contribution is -2.50. The molecule has 0 bridgehead atoms. The van der Waals surface area contributed by atoms with Crippen LogP contribution in [0.15, 0.2) is 11.1 Å². The monoisotopic (exact) mass is 248 g/mol. The molecule has 0 radical (unpaired) electrons. The van der Waals surface area contributed by atoms with Gasteiger partial charge in [-0.2, -0.15) is 0 Å². The minimum Gasteiger partial charge on any atom is -0.336 e. The van der Waals surface area contributed by atoms with Crippen molar-refractivity contribution in [3.05, 3.63) is 11.1 Å². The minimum absolute atomic E-state index is 0.322. The maximum Gasteiger partial charge on any atom is 0.249 e. The van der Waals surface area contributed by atoms with E-state index in [0.717, 1.165) is 31.1 Å².